The van der Waals surface area contributed by atoms with Crippen molar-refractivity contribution in [3.8, 4) is 0 Å². The minimum absolute atomic E-state index is 0.0352. The highest BCUT2D eigenvalue weighted by atomic mass is 32.2. The van der Waals surface area contributed by atoms with Crippen molar-refractivity contribution < 1.29 is 9.90 Å². The molecular weight excluding hydrogens is 272 g/mol. The second-order valence-electron chi connectivity index (χ2n) is 3.33. The van der Waals surface area contributed by atoms with Crippen molar-refractivity contribution in [1.29, 1.82) is 0 Å². The zero-order valence-corrected chi connectivity index (χ0v) is 11.1. The van der Waals surface area contributed by atoms with Gasteiger partial charge in [-0.25, -0.2) is 14.8 Å². The Kier molecular flexibility index (Phi) is 3.78. The normalized spacial score (nSPS) is 10.5. The van der Waals surface area contributed by atoms with E-state index in [0.717, 1.165) is 12.2 Å². The highest BCUT2D eigenvalue weighted by Gasteiger charge is 2.12. The first-order chi connectivity index (χ1) is 8.60. The number of carboxylic acid groups (broad SMARTS) is 1. The zero-order valence-electron chi connectivity index (χ0n) is 9.45. The Morgan fingerprint density at radius 3 is 2.89 bits per heavy atom. The van der Waals surface area contributed by atoms with Crippen LogP contribution in [0.1, 0.15) is 23.2 Å². The average Bonchev–Trinajstić information content (AvgIpc) is 2.79. The number of rotatable bonds is 4. The van der Waals surface area contributed by atoms with Crippen molar-refractivity contribution in [2.75, 3.05) is 5.73 Å². The smallest absolute Gasteiger partial charge is 0.354 e. The van der Waals surface area contributed by atoms with E-state index >= 15 is 0 Å². The predicted octanol–water partition coefficient (Wildman–Crippen LogP) is 1.93. The number of carbonyl (C=O) groups is 1. The van der Waals surface area contributed by atoms with Gasteiger partial charge in [-0.2, -0.15) is 4.37 Å². The van der Waals surface area contributed by atoms with Gasteiger partial charge in [-0.15, -0.1) is 0 Å². The van der Waals surface area contributed by atoms with Crippen LogP contribution in [0.4, 0.5) is 5.69 Å². The molecule has 8 heteroatoms. The molecule has 18 heavy (non-hydrogen) atoms. The maximum atomic E-state index is 10.8. The van der Waals surface area contributed by atoms with Gasteiger partial charge in [-0.3, -0.25) is 0 Å². The summed E-state index contributed by atoms with van der Waals surface area (Å²) >= 11 is 2.48. The van der Waals surface area contributed by atoms with Crippen molar-refractivity contribution >= 4 is 35.0 Å². The first-order valence-corrected chi connectivity index (χ1v) is 6.69. The van der Waals surface area contributed by atoms with E-state index in [1.165, 1.54) is 35.4 Å². The number of hydrogen-bond donors (Lipinski definition) is 2. The summed E-state index contributed by atoms with van der Waals surface area (Å²) < 4.78 is 4.85. The van der Waals surface area contributed by atoms with Gasteiger partial charge in [0.05, 0.1) is 5.69 Å². The SMILES string of the molecule is CCc1nsc(Sc2nc(C(=O)O)ccc2N)n1. The van der Waals surface area contributed by atoms with E-state index in [0.29, 0.717) is 15.1 Å². The molecule has 0 atom stereocenters. The van der Waals surface area contributed by atoms with Gasteiger partial charge in [0.15, 0.2) is 4.34 Å². The monoisotopic (exact) mass is 282 g/mol. The van der Waals surface area contributed by atoms with Crippen molar-refractivity contribution in [2.24, 2.45) is 0 Å². The Morgan fingerprint density at radius 2 is 2.28 bits per heavy atom. The minimum Gasteiger partial charge on any atom is -0.477 e. The van der Waals surface area contributed by atoms with Gasteiger partial charge in [-0.05, 0) is 35.4 Å². The Bertz CT molecular complexity index is 585. The van der Waals surface area contributed by atoms with Gasteiger partial charge >= 0.3 is 5.97 Å². The molecule has 0 aliphatic rings. The highest BCUT2D eigenvalue weighted by Crippen LogP contribution is 2.31. The highest BCUT2D eigenvalue weighted by molar-refractivity contribution is 8.01. The molecule has 0 bridgehead atoms. The fourth-order valence-corrected chi connectivity index (χ4v) is 2.80. The topological polar surface area (TPSA) is 102 Å². The molecule has 94 valence electrons. The van der Waals surface area contributed by atoms with Crippen LogP contribution in [0.3, 0.4) is 0 Å². The number of nitrogens with zero attached hydrogens (tertiary/aromatic N) is 3. The molecule has 2 rings (SSSR count). The molecule has 2 aromatic heterocycles. The van der Waals surface area contributed by atoms with E-state index in [1.54, 1.807) is 0 Å². The second kappa shape index (κ2) is 5.32. The number of aromatic nitrogens is 3. The van der Waals surface area contributed by atoms with Crippen molar-refractivity contribution in [2.45, 2.75) is 22.7 Å². The first kappa shape index (κ1) is 12.8. The van der Waals surface area contributed by atoms with Crippen LogP contribution in [-0.4, -0.2) is 25.4 Å². The van der Waals surface area contributed by atoms with Crippen molar-refractivity contribution in [3.63, 3.8) is 0 Å². The fourth-order valence-electron chi connectivity index (χ4n) is 1.16. The lowest BCUT2D eigenvalue weighted by Crippen LogP contribution is -2.02. The summed E-state index contributed by atoms with van der Waals surface area (Å²) in [6.07, 6.45) is 0.759. The molecule has 0 aliphatic carbocycles. The van der Waals surface area contributed by atoms with Crippen molar-refractivity contribution in [1.82, 2.24) is 14.3 Å². The summed E-state index contributed by atoms with van der Waals surface area (Å²) in [6.45, 7) is 1.97. The number of hydrogen-bond acceptors (Lipinski definition) is 7. The number of nitrogens with two attached hydrogens (primary N) is 1. The van der Waals surface area contributed by atoms with E-state index in [-0.39, 0.29) is 5.69 Å². The van der Waals surface area contributed by atoms with Gasteiger partial charge < -0.3 is 10.8 Å². The largest absolute Gasteiger partial charge is 0.477 e. The van der Waals surface area contributed by atoms with E-state index < -0.39 is 5.97 Å². The maximum Gasteiger partial charge on any atom is 0.354 e. The molecule has 6 nitrogen and oxygen atoms in total. The van der Waals surface area contributed by atoms with E-state index in [1.807, 2.05) is 6.92 Å². The van der Waals surface area contributed by atoms with Gasteiger partial charge in [-0.1, -0.05) is 6.92 Å². The first-order valence-electron chi connectivity index (χ1n) is 5.10. The number of aromatic carboxylic acids is 1. The molecule has 0 aromatic carbocycles. The lowest BCUT2D eigenvalue weighted by molar-refractivity contribution is 0.0690. The lowest BCUT2D eigenvalue weighted by atomic mass is 10.3. The summed E-state index contributed by atoms with van der Waals surface area (Å²) in [7, 11) is 0. The lowest BCUT2D eigenvalue weighted by Gasteiger charge is -2.02. The number of carboxylic acids is 1. The van der Waals surface area contributed by atoms with E-state index in [2.05, 4.69) is 14.3 Å². The summed E-state index contributed by atoms with van der Waals surface area (Å²) in [6, 6.07) is 2.90. The minimum atomic E-state index is -1.08. The third-order valence-electron chi connectivity index (χ3n) is 2.06. The van der Waals surface area contributed by atoms with Crippen LogP contribution < -0.4 is 5.73 Å². The maximum absolute atomic E-state index is 10.8. The third-order valence-corrected chi connectivity index (χ3v) is 3.87. The molecule has 0 unspecified atom stereocenters. The second-order valence-corrected chi connectivity index (χ2v) is 5.32. The fraction of sp³-hybridized carbons (Fsp3) is 0.200. The molecule has 0 amide bonds. The molecule has 0 spiro atoms. The Hall–Kier alpha value is -1.67. The Morgan fingerprint density at radius 1 is 1.50 bits per heavy atom. The van der Waals surface area contributed by atoms with Crippen LogP contribution in [0, 0.1) is 0 Å². The van der Waals surface area contributed by atoms with Gasteiger partial charge in [0.2, 0.25) is 0 Å². The third kappa shape index (κ3) is 2.77. The number of aryl methyl sites for hydroxylation is 1. The van der Waals surface area contributed by atoms with Gasteiger partial charge in [0.1, 0.15) is 16.5 Å². The van der Waals surface area contributed by atoms with Crippen LogP contribution in [0.2, 0.25) is 0 Å². The summed E-state index contributed by atoms with van der Waals surface area (Å²) in [4.78, 5) is 19.1. The molecule has 3 N–H and O–H groups in total. The predicted molar refractivity (Wildman–Crippen MR) is 69.0 cm³/mol. The molecular formula is C10H10N4O2S2. The molecule has 0 saturated carbocycles. The van der Waals surface area contributed by atoms with E-state index in [9.17, 15) is 4.79 Å². The average molecular weight is 282 g/mol. The van der Waals surface area contributed by atoms with Crippen LogP contribution >= 0.6 is 23.3 Å². The van der Waals surface area contributed by atoms with Crippen LogP contribution in [0.5, 0.6) is 0 Å². The summed E-state index contributed by atoms with van der Waals surface area (Å²) in [5.41, 5.74) is 6.15. The number of nitrogen functional groups attached to an aromatic ring is 1. The van der Waals surface area contributed by atoms with E-state index in [4.69, 9.17) is 10.8 Å². The quantitative estimate of drug-likeness (QED) is 0.883. The van der Waals surface area contributed by atoms with Crippen LogP contribution in [0.15, 0.2) is 21.5 Å². The molecule has 2 heterocycles. The summed E-state index contributed by atoms with van der Waals surface area (Å²) in [5.74, 6) is -0.321. The van der Waals surface area contributed by atoms with Gasteiger partial charge in [0.25, 0.3) is 0 Å². The van der Waals surface area contributed by atoms with Gasteiger partial charge in [0, 0.05) is 6.42 Å². The zero-order chi connectivity index (χ0) is 13.1. The van der Waals surface area contributed by atoms with Crippen LogP contribution in [0.25, 0.3) is 0 Å². The molecule has 2 aromatic rings. The Labute approximate surface area is 111 Å². The molecule has 0 aliphatic heterocycles. The van der Waals surface area contributed by atoms with Crippen LogP contribution in [-0.2, 0) is 6.42 Å². The number of pyridine rings is 1. The number of anilines is 1. The standard InChI is InChI=1S/C10H10N4O2S2/c1-2-7-13-10(18-14-7)17-8-5(11)3-4-6(12-8)9(15)16/h3-4H,2,11H2,1H3,(H,15,16). The summed E-state index contributed by atoms with van der Waals surface area (Å²) in [5, 5.41) is 9.31. The molecule has 0 radical (unpaired) electrons. The van der Waals surface area contributed by atoms with Crippen molar-refractivity contribution in [3.05, 3.63) is 23.7 Å². The molecule has 0 fully saturated rings. The Balaban J connectivity index is 2.27. The molecule has 0 saturated heterocycles.